The molecule has 0 heterocycles. The fraction of sp³-hybridized carbons (Fsp3) is 1.00. The summed E-state index contributed by atoms with van der Waals surface area (Å²) in [6.07, 6.45) is 4.21. The second-order valence-electron chi connectivity index (χ2n) is 3.85. The summed E-state index contributed by atoms with van der Waals surface area (Å²) in [6.45, 7) is 0. The first kappa shape index (κ1) is 6.59. The minimum atomic E-state index is -0.529. The first-order valence-corrected chi connectivity index (χ1v) is 4.13. The first-order valence-electron chi connectivity index (χ1n) is 4.13. The second kappa shape index (κ2) is 1.94. The maximum absolute atomic E-state index is 12.6. The van der Waals surface area contributed by atoms with E-state index in [1.165, 1.54) is 0 Å². The Kier molecular flexibility index (Phi) is 1.28. The molecule has 0 amide bonds. The highest BCUT2D eigenvalue weighted by Gasteiger charge is 2.52. The van der Waals surface area contributed by atoms with Crippen LogP contribution in [0.25, 0.3) is 0 Å². The lowest BCUT2D eigenvalue weighted by Gasteiger charge is -2.23. The molecular formula is C8H14FN. The average molecular weight is 143 g/mol. The van der Waals surface area contributed by atoms with Crippen LogP contribution in [-0.4, -0.2) is 12.2 Å². The highest BCUT2D eigenvalue weighted by atomic mass is 19.1. The van der Waals surface area contributed by atoms with Crippen LogP contribution in [0.15, 0.2) is 0 Å². The molecule has 0 radical (unpaired) electrons. The molecule has 2 aliphatic carbocycles. The molecule has 0 aliphatic heterocycles. The van der Waals surface area contributed by atoms with Gasteiger partial charge in [-0.3, -0.25) is 0 Å². The molecule has 2 N–H and O–H groups in total. The summed E-state index contributed by atoms with van der Waals surface area (Å²) >= 11 is 0. The summed E-state index contributed by atoms with van der Waals surface area (Å²) in [7, 11) is 0. The van der Waals surface area contributed by atoms with Gasteiger partial charge in [0.25, 0.3) is 0 Å². The predicted molar refractivity (Wildman–Crippen MR) is 38.4 cm³/mol. The van der Waals surface area contributed by atoms with Crippen LogP contribution in [0, 0.1) is 5.41 Å². The number of alkyl halides is 1. The highest BCUT2D eigenvalue weighted by Crippen LogP contribution is 2.55. The fourth-order valence-corrected chi connectivity index (χ4v) is 2.11. The lowest BCUT2D eigenvalue weighted by Crippen LogP contribution is -2.22. The van der Waals surface area contributed by atoms with Crippen LogP contribution < -0.4 is 5.73 Å². The molecule has 0 saturated heterocycles. The van der Waals surface area contributed by atoms with Crippen LogP contribution in [0.5, 0.6) is 0 Å². The van der Waals surface area contributed by atoms with Gasteiger partial charge < -0.3 is 5.73 Å². The molecular weight excluding hydrogens is 129 g/mol. The van der Waals surface area contributed by atoms with Gasteiger partial charge in [0.05, 0.1) is 0 Å². The molecule has 2 saturated carbocycles. The van der Waals surface area contributed by atoms with E-state index >= 15 is 0 Å². The van der Waals surface area contributed by atoms with Crippen LogP contribution in [0.1, 0.15) is 32.1 Å². The van der Waals surface area contributed by atoms with Crippen molar-refractivity contribution >= 4 is 0 Å². The van der Waals surface area contributed by atoms with Gasteiger partial charge in [-0.2, -0.15) is 0 Å². The smallest absolute Gasteiger partial charge is 0.100 e. The van der Waals surface area contributed by atoms with Crippen LogP contribution in [0.2, 0.25) is 0 Å². The molecule has 2 aliphatic rings. The Balaban J connectivity index is 1.93. The van der Waals surface area contributed by atoms with Gasteiger partial charge in [0, 0.05) is 6.04 Å². The van der Waals surface area contributed by atoms with Gasteiger partial charge in [0.1, 0.15) is 6.17 Å². The van der Waals surface area contributed by atoms with Crippen LogP contribution in [-0.2, 0) is 0 Å². The molecule has 2 heteroatoms. The molecule has 0 unspecified atom stereocenters. The maximum atomic E-state index is 12.6. The van der Waals surface area contributed by atoms with Crippen molar-refractivity contribution in [3.05, 3.63) is 0 Å². The van der Waals surface area contributed by atoms with Crippen molar-refractivity contribution in [2.75, 3.05) is 0 Å². The van der Waals surface area contributed by atoms with Crippen molar-refractivity contribution in [3.8, 4) is 0 Å². The lowest BCUT2D eigenvalue weighted by atomic mass is 9.85. The summed E-state index contributed by atoms with van der Waals surface area (Å²) < 4.78 is 12.6. The van der Waals surface area contributed by atoms with Crippen LogP contribution >= 0.6 is 0 Å². The molecule has 0 aromatic carbocycles. The van der Waals surface area contributed by atoms with Gasteiger partial charge in [-0.05, 0) is 37.5 Å². The summed E-state index contributed by atoms with van der Waals surface area (Å²) in [5.41, 5.74) is 6.16. The molecule has 10 heavy (non-hydrogen) atoms. The first-order chi connectivity index (χ1) is 4.73. The van der Waals surface area contributed by atoms with Gasteiger partial charge >= 0.3 is 0 Å². The van der Waals surface area contributed by atoms with Gasteiger partial charge in [-0.15, -0.1) is 0 Å². The number of halogens is 1. The zero-order valence-electron chi connectivity index (χ0n) is 6.15. The Morgan fingerprint density at radius 1 is 1.30 bits per heavy atom. The van der Waals surface area contributed by atoms with E-state index in [2.05, 4.69) is 0 Å². The monoisotopic (exact) mass is 143 g/mol. The third-order valence-electron chi connectivity index (χ3n) is 3.16. The molecule has 0 bridgehead atoms. The van der Waals surface area contributed by atoms with E-state index in [0.717, 1.165) is 32.1 Å². The van der Waals surface area contributed by atoms with E-state index in [1.54, 1.807) is 0 Å². The number of rotatable bonds is 0. The van der Waals surface area contributed by atoms with Gasteiger partial charge in [0.2, 0.25) is 0 Å². The minimum absolute atomic E-state index is 0.403. The van der Waals surface area contributed by atoms with E-state index in [1.807, 2.05) is 0 Å². The summed E-state index contributed by atoms with van der Waals surface area (Å²) in [6, 6.07) is 0.403. The van der Waals surface area contributed by atoms with Crippen molar-refractivity contribution in [1.29, 1.82) is 0 Å². The number of hydrogen-bond donors (Lipinski definition) is 1. The van der Waals surface area contributed by atoms with Crippen molar-refractivity contribution < 1.29 is 4.39 Å². The molecule has 1 nitrogen and oxygen atoms in total. The third-order valence-corrected chi connectivity index (χ3v) is 3.16. The fourth-order valence-electron chi connectivity index (χ4n) is 2.11. The molecule has 2 rings (SSSR count). The summed E-state index contributed by atoms with van der Waals surface area (Å²) in [5.74, 6) is 0. The molecule has 1 atom stereocenters. The normalized spacial score (nSPS) is 53.4. The van der Waals surface area contributed by atoms with E-state index in [4.69, 9.17) is 5.73 Å². The molecule has 2 fully saturated rings. The van der Waals surface area contributed by atoms with Gasteiger partial charge in [0.15, 0.2) is 0 Å². The highest BCUT2D eigenvalue weighted by molar-refractivity contribution is 5.07. The zero-order valence-corrected chi connectivity index (χ0v) is 6.15. The molecule has 0 aromatic heterocycles. The topological polar surface area (TPSA) is 26.0 Å². The Labute approximate surface area is 60.8 Å². The summed E-state index contributed by atoms with van der Waals surface area (Å²) in [5, 5.41) is 0. The van der Waals surface area contributed by atoms with Crippen molar-refractivity contribution in [1.82, 2.24) is 0 Å². The van der Waals surface area contributed by atoms with E-state index in [9.17, 15) is 4.39 Å². The minimum Gasteiger partial charge on any atom is -0.327 e. The Morgan fingerprint density at radius 2 is 1.80 bits per heavy atom. The second-order valence-corrected chi connectivity index (χ2v) is 3.85. The molecule has 0 aromatic rings. The third kappa shape index (κ3) is 0.858. The van der Waals surface area contributed by atoms with E-state index < -0.39 is 6.17 Å². The zero-order chi connectivity index (χ0) is 7.19. The quantitative estimate of drug-likeness (QED) is 0.548. The van der Waals surface area contributed by atoms with Gasteiger partial charge in [-0.25, -0.2) is 4.39 Å². The van der Waals surface area contributed by atoms with Gasteiger partial charge in [-0.1, -0.05) is 0 Å². The lowest BCUT2D eigenvalue weighted by molar-refractivity contribution is 0.192. The number of hydrogen-bond acceptors (Lipinski definition) is 1. The SMILES string of the molecule is N[C@H]1CC12CCC(F)CC2. The van der Waals surface area contributed by atoms with Crippen LogP contribution in [0.3, 0.4) is 0 Å². The standard InChI is InChI=1S/C8H14FN/c9-6-1-3-8(4-2-6)5-7(8)10/h6-7H,1-5,10H2/t6?,7-,8?/m0/s1. The largest absolute Gasteiger partial charge is 0.327 e. The van der Waals surface area contributed by atoms with Crippen molar-refractivity contribution in [3.63, 3.8) is 0 Å². The van der Waals surface area contributed by atoms with Crippen molar-refractivity contribution in [2.24, 2.45) is 11.1 Å². The molecule has 1 spiro atoms. The van der Waals surface area contributed by atoms with Crippen molar-refractivity contribution in [2.45, 2.75) is 44.3 Å². The van der Waals surface area contributed by atoms with E-state index in [-0.39, 0.29) is 0 Å². The Bertz CT molecular complexity index is 138. The maximum Gasteiger partial charge on any atom is 0.100 e. The molecule has 58 valence electrons. The average Bonchev–Trinajstić information content (AvgIpc) is 2.53. The van der Waals surface area contributed by atoms with E-state index in [0.29, 0.717) is 11.5 Å². The Hall–Kier alpha value is -0.110. The number of nitrogens with two attached hydrogens (primary N) is 1. The van der Waals surface area contributed by atoms with Crippen LogP contribution in [0.4, 0.5) is 4.39 Å². The summed E-state index contributed by atoms with van der Waals surface area (Å²) in [4.78, 5) is 0. The Morgan fingerprint density at radius 3 is 2.20 bits per heavy atom. The predicted octanol–water partition coefficient (Wildman–Crippen LogP) is 1.62.